The van der Waals surface area contributed by atoms with Gasteiger partial charge in [-0.15, -0.1) is 0 Å². The summed E-state index contributed by atoms with van der Waals surface area (Å²) in [4.78, 5) is 2.31. The van der Waals surface area contributed by atoms with Gasteiger partial charge >= 0.3 is 6.18 Å². The molecule has 1 N–H and O–H groups in total. The molecule has 0 saturated carbocycles. The Balaban J connectivity index is 1.71. The second-order valence-corrected chi connectivity index (χ2v) is 6.77. The van der Waals surface area contributed by atoms with Crippen LogP contribution in [0.2, 0.25) is 0 Å². The highest BCUT2D eigenvalue weighted by atomic mass is 19.4. The summed E-state index contributed by atoms with van der Waals surface area (Å²) in [5.41, 5.74) is 1.19. The Kier molecular flexibility index (Phi) is 4.97. The molecule has 27 heavy (non-hydrogen) atoms. The fourth-order valence-electron chi connectivity index (χ4n) is 3.68. The first kappa shape index (κ1) is 18.1. The highest BCUT2D eigenvalue weighted by Gasteiger charge is 2.31. The van der Waals surface area contributed by atoms with E-state index in [0.29, 0.717) is 11.5 Å². The van der Waals surface area contributed by atoms with Crippen LogP contribution in [0.1, 0.15) is 29.2 Å². The van der Waals surface area contributed by atoms with Gasteiger partial charge in [0.05, 0.1) is 11.6 Å². The second kappa shape index (κ2) is 7.40. The monoisotopic (exact) mass is 378 g/mol. The summed E-state index contributed by atoms with van der Waals surface area (Å²) < 4.78 is 49.7. The first-order chi connectivity index (χ1) is 13.0. The molecule has 2 aromatic carbocycles. The molecule has 4 rings (SSSR count). The zero-order valence-corrected chi connectivity index (χ0v) is 14.8. The molecule has 1 atom stereocenters. The second-order valence-electron chi connectivity index (χ2n) is 6.77. The summed E-state index contributed by atoms with van der Waals surface area (Å²) in [6, 6.07) is 11.1. The van der Waals surface area contributed by atoms with E-state index in [9.17, 15) is 13.2 Å². The fourth-order valence-corrected chi connectivity index (χ4v) is 3.68. The summed E-state index contributed by atoms with van der Waals surface area (Å²) >= 11 is 0. The molecule has 0 bridgehead atoms. The van der Waals surface area contributed by atoms with Crippen LogP contribution in [0.25, 0.3) is 0 Å². The molecule has 2 aliphatic heterocycles. The van der Waals surface area contributed by atoms with E-state index in [0.717, 1.165) is 55.9 Å². The maximum Gasteiger partial charge on any atom is 0.416 e. The number of hydrogen-bond acceptors (Lipinski definition) is 4. The highest BCUT2D eigenvalue weighted by Crippen LogP contribution is 2.38. The molecule has 2 aromatic rings. The lowest BCUT2D eigenvalue weighted by Crippen LogP contribution is -2.33. The average molecular weight is 378 g/mol. The van der Waals surface area contributed by atoms with Gasteiger partial charge < -0.3 is 14.8 Å². The molecule has 4 nitrogen and oxygen atoms in total. The van der Waals surface area contributed by atoms with Gasteiger partial charge in [0.2, 0.25) is 6.79 Å². The van der Waals surface area contributed by atoms with Crippen LogP contribution in [0.4, 0.5) is 13.2 Å². The third-order valence-corrected chi connectivity index (χ3v) is 5.01. The van der Waals surface area contributed by atoms with Crippen molar-refractivity contribution in [3.8, 4) is 11.5 Å². The van der Waals surface area contributed by atoms with Crippen molar-refractivity contribution in [2.75, 3.05) is 33.0 Å². The number of hydrogen-bond donors (Lipinski definition) is 1. The topological polar surface area (TPSA) is 33.7 Å². The molecule has 2 aliphatic rings. The predicted octanol–water partition coefficient (Wildman–Crippen LogP) is 3.82. The lowest BCUT2D eigenvalue weighted by molar-refractivity contribution is -0.137. The number of nitrogens with zero attached hydrogens (tertiary/aromatic N) is 1. The third kappa shape index (κ3) is 3.89. The Bertz CT molecular complexity index is 785. The van der Waals surface area contributed by atoms with Crippen LogP contribution < -0.4 is 14.8 Å². The van der Waals surface area contributed by atoms with Gasteiger partial charge in [0, 0.05) is 19.6 Å². The highest BCUT2D eigenvalue weighted by molar-refractivity contribution is 5.47. The number of ether oxygens (including phenoxy) is 2. The Morgan fingerprint density at radius 1 is 0.889 bits per heavy atom. The van der Waals surface area contributed by atoms with Crippen molar-refractivity contribution in [2.24, 2.45) is 0 Å². The van der Waals surface area contributed by atoms with E-state index in [4.69, 9.17) is 9.47 Å². The number of nitrogens with one attached hydrogen (secondary N) is 1. The number of benzene rings is 2. The molecule has 0 spiro atoms. The summed E-state index contributed by atoms with van der Waals surface area (Å²) in [6.07, 6.45) is -3.35. The molecule has 2 heterocycles. The molecular formula is C20H21F3N2O2. The van der Waals surface area contributed by atoms with Crippen LogP contribution in [0, 0.1) is 0 Å². The quantitative estimate of drug-likeness (QED) is 0.881. The van der Waals surface area contributed by atoms with Crippen LogP contribution >= 0.6 is 0 Å². The van der Waals surface area contributed by atoms with Crippen LogP contribution in [0.3, 0.4) is 0 Å². The first-order valence-electron chi connectivity index (χ1n) is 9.04. The Morgan fingerprint density at radius 2 is 1.63 bits per heavy atom. The molecule has 0 radical (unpaired) electrons. The van der Waals surface area contributed by atoms with E-state index in [2.05, 4.69) is 10.2 Å². The van der Waals surface area contributed by atoms with Crippen molar-refractivity contribution >= 4 is 0 Å². The minimum absolute atomic E-state index is 0.137. The van der Waals surface area contributed by atoms with Crippen molar-refractivity contribution in [2.45, 2.75) is 18.6 Å². The molecule has 1 saturated heterocycles. The van der Waals surface area contributed by atoms with Gasteiger partial charge in [-0.25, -0.2) is 0 Å². The summed E-state index contributed by atoms with van der Waals surface area (Å²) in [6.45, 7) is 3.67. The lowest BCUT2D eigenvalue weighted by atomic mass is 9.95. The van der Waals surface area contributed by atoms with Crippen molar-refractivity contribution in [1.82, 2.24) is 10.2 Å². The number of fused-ring (bicyclic) bond motifs is 1. The number of rotatable bonds is 3. The SMILES string of the molecule is FC(F)(F)c1ccc(C(c2ccc3c(c2)OCO3)N2CCCNCC2)cc1. The maximum absolute atomic E-state index is 13.0. The van der Waals surface area contributed by atoms with E-state index in [1.807, 2.05) is 18.2 Å². The van der Waals surface area contributed by atoms with Crippen molar-refractivity contribution in [3.63, 3.8) is 0 Å². The molecule has 0 aromatic heterocycles. The van der Waals surface area contributed by atoms with Crippen LogP contribution in [0.5, 0.6) is 11.5 Å². The largest absolute Gasteiger partial charge is 0.454 e. The lowest BCUT2D eigenvalue weighted by Gasteiger charge is -2.31. The standard InChI is InChI=1S/C20H21F3N2O2/c21-20(22,23)16-5-2-14(3-6-16)19(25-10-1-8-24-9-11-25)15-4-7-17-18(12-15)27-13-26-17/h2-7,12,19,24H,1,8-11,13H2. The summed E-state index contributed by atoms with van der Waals surface area (Å²) in [5, 5.41) is 3.37. The van der Waals surface area contributed by atoms with Crippen molar-refractivity contribution < 1.29 is 22.6 Å². The average Bonchev–Trinajstić information content (AvgIpc) is 2.96. The van der Waals surface area contributed by atoms with Gasteiger partial charge in [0.15, 0.2) is 11.5 Å². The smallest absolute Gasteiger partial charge is 0.416 e. The zero-order valence-electron chi connectivity index (χ0n) is 14.8. The predicted molar refractivity (Wildman–Crippen MR) is 94.9 cm³/mol. The Morgan fingerprint density at radius 3 is 2.41 bits per heavy atom. The van der Waals surface area contributed by atoms with E-state index in [1.54, 1.807) is 12.1 Å². The number of alkyl halides is 3. The van der Waals surface area contributed by atoms with Gasteiger partial charge in [-0.05, 0) is 48.4 Å². The van der Waals surface area contributed by atoms with Gasteiger partial charge in [0.25, 0.3) is 0 Å². The Hall–Kier alpha value is -2.25. The van der Waals surface area contributed by atoms with E-state index in [-0.39, 0.29) is 12.8 Å². The Labute approximate surface area is 155 Å². The van der Waals surface area contributed by atoms with Crippen LogP contribution in [-0.4, -0.2) is 37.9 Å². The first-order valence-corrected chi connectivity index (χ1v) is 9.04. The molecular weight excluding hydrogens is 357 g/mol. The summed E-state index contributed by atoms with van der Waals surface area (Å²) in [7, 11) is 0. The molecule has 0 aliphatic carbocycles. The molecule has 1 fully saturated rings. The zero-order chi connectivity index (χ0) is 18.9. The summed E-state index contributed by atoms with van der Waals surface area (Å²) in [5.74, 6) is 1.37. The van der Waals surface area contributed by atoms with E-state index in [1.165, 1.54) is 0 Å². The van der Waals surface area contributed by atoms with Gasteiger partial charge in [-0.3, -0.25) is 4.90 Å². The third-order valence-electron chi connectivity index (χ3n) is 5.01. The number of halogens is 3. The fraction of sp³-hybridized carbons (Fsp3) is 0.400. The molecule has 144 valence electrons. The minimum Gasteiger partial charge on any atom is -0.454 e. The van der Waals surface area contributed by atoms with Crippen LogP contribution in [-0.2, 0) is 6.18 Å². The minimum atomic E-state index is -4.33. The normalized spacial score (nSPS) is 18.9. The van der Waals surface area contributed by atoms with E-state index < -0.39 is 11.7 Å². The molecule has 1 unspecified atom stereocenters. The van der Waals surface area contributed by atoms with Gasteiger partial charge in [0.1, 0.15) is 0 Å². The molecule has 0 amide bonds. The van der Waals surface area contributed by atoms with E-state index >= 15 is 0 Å². The van der Waals surface area contributed by atoms with Crippen molar-refractivity contribution in [1.29, 1.82) is 0 Å². The maximum atomic E-state index is 13.0. The molecule has 7 heteroatoms. The van der Waals surface area contributed by atoms with Crippen molar-refractivity contribution in [3.05, 3.63) is 59.2 Å². The van der Waals surface area contributed by atoms with Gasteiger partial charge in [-0.2, -0.15) is 13.2 Å². The van der Waals surface area contributed by atoms with Crippen LogP contribution in [0.15, 0.2) is 42.5 Å². The van der Waals surface area contributed by atoms with Gasteiger partial charge in [-0.1, -0.05) is 18.2 Å².